The lowest BCUT2D eigenvalue weighted by atomic mass is 9.99. The second kappa shape index (κ2) is 9.08. The molecule has 6 nitrogen and oxygen atoms in total. The van der Waals surface area contributed by atoms with Gasteiger partial charge in [-0.05, 0) is 36.8 Å². The van der Waals surface area contributed by atoms with Crippen molar-refractivity contribution in [2.45, 2.75) is 24.3 Å². The molecule has 34 heavy (non-hydrogen) atoms. The largest absolute Gasteiger partial charge is 0.492 e. The van der Waals surface area contributed by atoms with Gasteiger partial charge in [-0.25, -0.2) is 4.98 Å². The van der Waals surface area contributed by atoms with Crippen molar-refractivity contribution in [1.29, 1.82) is 0 Å². The normalized spacial score (nSPS) is 16.0. The summed E-state index contributed by atoms with van der Waals surface area (Å²) in [6, 6.07) is 24.7. The Morgan fingerprint density at radius 2 is 1.71 bits per heavy atom. The number of ether oxygens (including phenoxy) is 1. The van der Waals surface area contributed by atoms with Crippen molar-refractivity contribution < 1.29 is 13.2 Å². The second-order valence-corrected chi connectivity index (χ2v) is 10.0. The first-order chi connectivity index (χ1) is 16.5. The summed E-state index contributed by atoms with van der Waals surface area (Å²) in [6.07, 6.45) is 0.369. The number of nitrogens with zero attached hydrogens (tertiary/aromatic N) is 3. The molecule has 0 bridgehead atoms. The highest BCUT2D eigenvalue weighted by Crippen LogP contribution is 2.41. The Morgan fingerprint density at radius 1 is 1.00 bits per heavy atom. The average Bonchev–Trinajstić information content (AvgIpc) is 3.32. The van der Waals surface area contributed by atoms with Gasteiger partial charge < -0.3 is 4.74 Å². The number of sulfonamides is 1. The first-order valence-corrected chi connectivity index (χ1v) is 12.7. The fraction of sp³-hybridized carbons (Fsp3) is 0.154. The lowest BCUT2D eigenvalue weighted by Crippen LogP contribution is -2.27. The van der Waals surface area contributed by atoms with Gasteiger partial charge >= 0.3 is 0 Å². The Bertz CT molecular complexity index is 1480. The number of fused-ring (bicyclic) bond motifs is 1. The molecule has 0 fully saturated rings. The molecule has 0 saturated carbocycles. The number of hydrazone groups is 1. The van der Waals surface area contributed by atoms with E-state index in [-0.39, 0.29) is 10.0 Å². The summed E-state index contributed by atoms with van der Waals surface area (Å²) in [7, 11) is -3.93. The smallest absolute Gasteiger partial charge is 0.279 e. The predicted octanol–water partition coefficient (Wildman–Crippen LogP) is 5.83. The monoisotopic (exact) mass is 491 g/mol. The molecule has 4 aromatic rings. The fourth-order valence-corrected chi connectivity index (χ4v) is 5.83. The van der Waals surface area contributed by atoms with Crippen LogP contribution in [0, 0.1) is 0 Å². The molecular weight excluding hydrogens is 470 g/mol. The highest BCUT2D eigenvalue weighted by atomic mass is 35.5. The summed E-state index contributed by atoms with van der Waals surface area (Å²) < 4.78 is 34.2. The zero-order valence-corrected chi connectivity index (χ0v) is 20.0. The van der Waals surface area contributed by atoms with Gasteiger partial charge in [-0.1, -0.05) is 72.3 Å². The van der Waals surface area contributed by atoms with E-state index in [9.17, 15) is 8.42 Å². The number of pyridine rings is 1. The highest BCUT2D eigenvalue weighted by Gasteiger charge is 2.39. The van der Waals surface area contributed by atoms with Crippen LogP contribution < -0.4 is 4.74 Å². The summed E-state index contributed by atoms with van der Waals surface area (Å²) in [5, 5.41) is 5.62. The van der Waals surface area contributed by atoms with Gasteiger partial charge in [0.1, 0.15) is 16.4 Å². The maximum atomic E-state index is 13.6. The number of hydrogen-bond donors (Lipinski definition) is 0. The minimum Gasteiger partial charge on any atom is -0.492 e. The van der Waals surface area contributed by atoms with Crippen LogP contribution in [0.3, 0.4) is 0 Å². The maximum absolute atomic E-state index is 13.6. The SMILES string of the molecule is CCOc1cccc2cc(C3CC(c4ccccc4)=NN3S(=O)(=O)c3ccccc3)c(Cl)nc12. The molecule has 8 heteroatoms. The van der Waals surface area contributed by atoms with Crippen molar-refractivity contribution in [2.75, 3.05) is 6.61 Å². The average molecular weight is 492 g/mol. The molecule has 1 aliphatic rings. The van der Waals surface area contributed by atoms with Gasteiger partial charge in [0.15, 0.2) is 0 Å². The topological polar surface area (TPSA) is 71.9 Å². The molecule has 0 aliphatic carbocycles. The highest BCUT2D eigenvalue weighted by molar-refractivity contribution is 7.89. The number of halogens is 1. The minimum absolute atomic E-state index is 0.168. The van der Waals surface area contributed by atoms with Crippen LogP contribution in [-0.4, -0.2) is 30.1 Å². The van der Waals surface area contributed by atoms with Crippen molar-refractivity contribution >= 4 is 38.2 Å². The van der Waals surface area contributed by atoms with Gasteiger partial charge in [0.2, 0.25) is 0 Å². The summed E-state index contributed by atoms with van der Waals surface area (Å²) in [5.41, 5.74) is 2.76. The maximum Gasteiger partial charge on any atom is 0.279 e. The molecule has 5 rings (SSSR count). The van der Waals surface area contributed by atoms with Crippen LogP contribution in [0.25, 0.3) is 10.9 Å². The van der Waals surface area contributed by atoms with Crippen molar-refractivity contribution in [3.63, 3.8) is 0 Å². The van der Waals surface area contributed by atoms with Crippen molar-refractivity contribution in [3.05, 3.63) is 101 Å². The van der Waals surface area contributed by atoms with E-state index < -0.39 is 16.1 Å². The lowest BCUT2D eigenvalue weighted by molar-refractivity contribution is 0.343. The third kappa shape index (κ3) is 4.02. The van der Waals surface area contributed by atoms with Crippen LogP contribution >= 0.6 is 11.6 Å². The molecule has 172 valence electrons. The van der Waals surface area contributed by atoms with E-state index >= 15 is 0 Å². The van der Waals surface area contributed by atoms with Crippen LogP contribution in [0.5, 0.6) is 5.75 Å². The molecule has 0 radical (unpaired) electrons. The van der Waals surface area contributed by atoms with Crippen molar-refractivity contribution in [2.24, 2.45) is 5.10 Å². The molecule has 2 heterocycles. The fourth-order valence-electron chi connectivity index (χ4n) is 4.12. The zero-order chi connectivity index (χ0) is 23.7. The summed E-state index contributed by atoms with van der Waals surface area (Å²) in [4.78, 5) is 4.76. The third-order valence-electron chi connectivity index (χ3n) is 5.72. The standard InChI is InChI=1S/C26H22ClN3O3S/c1-2-33-24-15-9-12-19-16-21(26(27)28-25(19)24)23-17-22(18-10-5-3-6-11-18)29-30(23)34(31,32)20-13-7-4-8-14-20/h3-16,23H,2,17H2,1H3. The second-order valence-electron chi connectivity index (χ2n) is 7.85. The van der Waals surface area contributed by atoms with E-state index in [1.807, 2.05) is 61.5 Å². The molecule has 1 unspecified atom stereocenters. The van der Waals surface area contributed by atoms with Gasteiger partial charge in [0, 0.05) is 17.4 Å². The van der Waals surface area contributed by atoms with Crippen LogP contribution in [0.1, 0.15) is 30.5 Å². The van der Waals surface area contributed by atoms with E-state index in [4.69, 9.17) is 16.3 Å². The van der Waals surface area contributed by atoms with Crippen LogP contribution in [0.15, 0.2) is 94.9 Å². The first-order valence-electron chi connectivity index (χ1n) is 10.9. The number of para-hydroxylation sites is 1. The van der Waals surface area contributed by atoms with Crippen molar-refractivity contribution in [1.82, 2.24) is 9.40 Å². The Morgan fingerprint density at radius 3 is 2.41 bits per heavy atom. The Kier molecular flexibility index (Phi) is 5.98. The summed E-state index contributed by atoms with van der Waals surface area (Å²) in [5.74, 6) is 0.634. The molecule has 1 aliphatic heterocycles. The van der Waals surface area contributed by atoms with Crippen LogP contribution in [0.2, 0.25) is 5.15 Å². The van der Waals surface area contributed by atoms with Gasteiger partial charge in [-0.15, -0.1) is 0 Å². The molecular formula is C26H22ClN3O3S. The Balaban J connectivity index is 1.65. The molecule has 0 spiro atoms. The first kappa shape index (κ1) is 22.4. The van der Waals surface area contributed by atoms with E-state index in [2.05, 4.69) is 10.1 Å². The molecule has 1 atom stereocenters. The summed E-state index contributed by atoms with van der Waals surface area (Å²) in [6.45, 7) is 2.41. The van der Waals surface area contributed by atoms with E-state index in [0.29, 0.717) is 35.6 Å². The van der Waals surface area contributed by atoms with Gasteiger partial charge in [-0.2, -0.15) is 17.9 Å². The summed E-state index contributed by atoms with van der Waals surface area (Å²) >= 11 is 6.67. The molecule has 0 amide bonds. The van der Waals surface area contributed by atoms with Crippen molar-refractivity contribution in [3.8, 4) is 5.75 Å². The third-order valence-corrected chi connectivity index (χ3v) is 7.71. The van der Waals surface area contributed by atoms with Gasteiger partial charge in [0.05, 0.1) is 23.3 Å². The minimum atomic E-state index is -3.93. The predicted molar refractivity (Wildman–Crippen MR) is 134 cm³/mol. The Labute approximate surface area is 203 Å². The lowest BCUT2D eigenvalue weighted by Gasteiger charge is -2.24. The number of hydrogen-bond acceptors (Lipinski definition) is 5. The number of aromatic nitrogens is 1. The van der Waals surface area contributed by atoms with E-state index in [0.717, 1.165) is 10.9 Å². The Hall–Kier alpha value is -3.42. The number of rotatable bonds is 6. The molecule has 0 N–H and O–H groups in total. The van der Waals surface area contributed by atoms with Crippen LogP contribution in [0.4, 0.5) is 0 Å². The van der Waals surface area contributed by atoms with Gasteiger partial charge in [-0.3, -0.25) is 0 Å². The zero-order valence-electron chi connectivity index (χ0n) is 18.4. The van der Waals surface area contributed by atoms with E-state index in [1.165, 1.54) is 4.41 Å². The van der Waals surface area contributed by atoms with Crippen LogP contribution in [-0.2, 0) is 10.0 Å². The molecule has 0 saturated heterocycles. The van der Waals surface area contributed by atoms with Gasteiger partial charge in [0.25, 0.3) is 10.0 Å². The van der Waals surface area contributed by atoms with E-state index in [1.54, 1.807) is 30.3 Å². The number of benzene rings is 3. The quantitative estimate of drug-likeness (QED) is 0.318. The molecule has 3 aromatic carbocycles. The molecule has 1 aromatic heterocycles.